The van der Waals surface area contributed by atoms with E-state index in [0.29, 0.717) is 25.7 Å². The van der Waals surface area contributed by atoms with Crippen LogP contribution < -0.4 is 0 Å². The fourth-order valence-corrected chi connectivity index (χ4v) is 4.44. The summed E-state index contributed by atoms with van der Waals surface area (Å²) in [5.74, 6) is 1.18. The van der Waals surface area contributed by atoms with Crippen molar-refractivity contribution < 1.29 is 25.9 Å². The summed E-state index contributed by atoms with van der Waals surface area (Å²) in [6, 6.07) is 0. The second kappa shape index (κ2) is 9.43. The molecule has 0 aliphatic carbocycles. The van der Waals surface area contributed by atoms with Crippen LogP contribution in [-0.2, 0) is 20.2 Å². The molecule has 10 heteroatoms. The van der Waals surface area contributed by atoms with Crippen LogP contribution in [0.5, 0.6) is 0 Å². The van der Waals surface area contributed by atoms with E-state index in [1.807, 2.05) is 0 Å². The second-order valence-corrected chi connectivity index (χ2v) is 9.48. The molecule has 110 valence electrons. The van der Waals surface area contributed by atoms with Crippen molar-refractivity contribution in [1.29, 1.82) is 0 Å². The summed E-state index contributed by atoms with van der Waals surface area (Å²) in [5.41, 5.74) is 0. The van der Waals surface area contributed by atoms with E-state index in [1.165, 1.54) is 0 Å². The van der Waals surface area contributed by atoms with Gasteiger partial charge in [-0.3, -0.25) is 9.11 Å². The molecule has 0 fully saturated rings. The van der Waals surface area contributed by atoms with Crippen LogP contribution >= 0.6 is 21.6 Å². The minimum atomic E-state index is -3.84. The molecule has 0 unspecified atom stereocenters. The Bertz CT molecular complexity index is 361. The van der Waals surface area contributed by atoms with E-state index in [9.17, 15) is 16.8 Å². The lowest BCUT2D eigenvalue weighted by molar-refractivity contribution is 0.478. The molecule has 6 nitrogen and oxygen atoms in total. The molecule has 0 rings (SSSR count). The fourth-order valence-electron chi connectivity index (χ4n) is 1.01. The maximum absolute atomic E-state index is 10.4. The second-order valence-electron chi connectivity index (χ2n) is 3.63. The summed E-state index contributed by atoms with van der Waals surface area (Å²) >= 11 is 0. The maximum atomic E-state index is 10.4. The van der Waals surface area contributed by atoms with Crippen LogP contribution in [0.2, 0.25) is 0 Å². The molecule has 0 aliphatic rings. The van der Waals surface area contributed by atoms with Crippen molar-refractivity contribution >= 4 is 41.8 Å². The molecule has 18 heavy (non-hydrogen) atoms. The first-order chi connectivity index (χ1) is 8.21. The normalized spacial score (nSPS) is 12.8. The topological polar surface area (TPSA) is 109 Å². The quantitative estimate of drug-likeness (QED) is 0.333. The third kappa shape index (κ3) is 16.5. The van der Waals surface area contributed by atoms with E-state index in [0.717, 1.165) is 11.5 Å². The number of rotatable bonds is 11. The van der Waals surface area contributed by atoms with Gasteiger partial charge >= 0.3 is 0 Å². The standard InChI is InChI=1S/C8H18O6S4/c9-17(10,11)7-3-1-5-15-16-6-2-4-8-18(12,13)14/h1-8H2,(H,9,10,11)(H,12,13,14). The zero-order valence-electron chi connectivity index (χ0n) is 9.82. The average Bonchev–Trinajstić information content (AvgIpc) is 2.17. The van der Waals surface area contributed by atoms with Gasteiger partial charge in [0.2, 0.25) is 0 Å². The van der Waals surface area contributed by atoms with Gasteiger partial charge in [0.25, 0.3) is 20.2 Å². The van der Waals surface area contributed by atoms with E-state index in [1.54, 1.807) is 21.6 Å². The number of hydrogen-bond acceptors (Lipinski definition) is 6. The Balaban J connectivity index is 3.22. The number of hydrogen-bond donors (Lipinski definition) is 2. The van der Waals surface area contributed by atoms with Crippen molar-refractivity contribution in [3.8, 4) is 0 Å². The molecule has 0 aromatic rings. The van der Waals surface area contributed by atoms with Crippen molar-refractivity contribution in [2.24, 2.45) is 0 Å². The lowest BCUT2D eigenvalue weighted by Gasteiger charge is -2.01. The van der Waals surface area contributed by atoms with E-state index in [2.05, 4.69) is 0 Å². The Morgan fingerprint density at radius 3 is 1.28 bits per heavy atom. The molecule has 0 aromatic heterocycles. The van der Waals surface area contributed by atoms with Gasteiger partial charge in [-0.1, -0.05) is 21.6 Å². The highest BCUT2D eigenvalue weighted by Gasteiger charge is 2.04. The minimum Gasteiger partial charge on any atom is -0.286 e. The van der Waals surface area contributed by atoms with Gasteiger partial charge < -0.3 is 0 Å². The molecule has 0 atom stereocenters. The zero-order valence-corrected chi connectivity index (χ0v) is 13.1. The molecule has 0 heterocycles. The smallest absolute Gasteiger partial charge is 0.264 e. The Morgan fingerprint density at radius 2 is 1.00 bits per heavy atom. The summed E-state index contributed by atoms with van der Waals surface area (Å²) in [7, 11) is -4.50. The van der Waals surface area contributed by atoms with Crippen LogP contribution in [0.25, 0.3) is 0 Å². The van der Waals surface area contributed by atoms with Gasteiger partial charge in [0, 0.05) is 11.5 Å². The summed E-state index contributed by atoms with van der Waals surface area (Å²) in [6.07, 6.45) is 2.30. The first-order valence-corrected chi connectivity index (χ1v) is 11.1. The van der Waals surface area contributed by atoms with Gasteiger partial charge in [0.1, 0.15) is 0 Å². The van der Waals surface area contributed by atoms with Gasteiger partial charge in [0.15, 0.2) is 0 Å². The van der Waals surface area contributed by atoms with Gasteiger partial charge in [-0.15, -0.1) is 0 Å². The summed E-state index contributed by atoms with van der Waals surface area (Å²) in [5, 5.41) is 0. The van der Waals surface area contributed by atoms with Gasteiger partial charge in [0.05, 0.1) is 11.5 Å². The third-order valence-corrected chi connectivity index (χ3v) is 6.03. The van der Waals surface area contributed by atoms with Gasteiger partial charge in [-0.2, -0.15) is 16.8 Å². The largest absolute Gasteiger partial charge is 0.286 e. The first-order valence-electron chi connectivity index (χ1n) is 5.35. The van der Waals surface area contributed by atoms with Crippen LogP contribution in [0, 0.1) is 0 Å². The average molecular weight is 338 g/mol. The Labute approximate surface area is 116 Å². The maximum Gasteiger partial charge on any atom is 0.264 e. The van der Waals surface area contributed by atoms with Crippen LogP contribution in [0.15, 0.2) is 0 Å². The van der Waals surface area contributed by atoms with E-state index >= 15 is 0 Å². The summed E-state index contributed by atoms with van der Waals surface area (Å²) < 4.78 is 58.5. The molecule has 0 saturated heterocycles. The zero-order chi connectivity index (χ0) is 14.1. The Kier molecular flexibility index (Phi) is 9.70. The van der Waals surface area contributed by atoms with Crippen molar-refractivity contribution in [2.45, 2.75) is 25.7 Å². The van der Waals surface area contributed by atoms with Crippen molar-refractivity contribution in [1.82, 2.24) is 0 Å². The molecule has 2 N–H and O–H groups in total. The van der Waals surface area contributed by atoms with E-state index < -0.39 is 20.2 Å². The SMILES string of the molecule is O=S(=O)(O)CCCCSSCCCCS(=O)(=O)O. The predicted molar refractivity (Wildman–Crippen MR) is 76.2 cm³/mol. The molecule has 0 amide bonds. The van der Waals surface area contributed by atoms with Crippen LogP contribution in [0.3, 0.4) is 0 Å². The lowest BCUT2D eigenvalue weighted by Crippen LogP contribution is -2.04. The molecule has 0 aliphatic heterocycles. The Hall–Kier alpha value is 0.520. The predicted octanol–water partition coefficient (Wildman–Crippen LogP) is 1.70. The Morgan fingerprint density at radius 1 is 0.667 bits per heavy atom. The van der Waals surface area contributed by atoms with Crippen molar-refractivity contribution in [3.05, 3.63) is 0 Å². The van der Waals surface area contributed by atoms with Crippen LogP contribution in [0.4, 0.5) is 0 Å². The van der Waals surface area contributed by atoms with Crippen LogP contribution in [-0.4, -0.2) is 49.0 Å². The molecule has 0 aromatic carbocycles. The lowest BCUT2D eigenvalue weighted by atomic mass is 10.4. The van der Waals surface area contributed by atoms with E-state index in [4.69, 9.17) is 9.11 Å². The van der Waals surface area contributed by atoms with Crippen molar-refractivity contribution in [2.75, 3.05) is 23.0 Å². The molecular weight excluding hydrogens is 320 g/mol. The third-order valence-electron chi connectivity index (χ3n) is 1.84. The molecule has 0 bridgehead atoms. The highest BCUT2D eigenvalue weighted by Crippen LogP contribution is 2.23. The van der Waals surface area contributed by atoms with Gasteiger partial charge in [-0.25, -0.2) is 0 Å². The highest BCUT2D eigenvalue weighted by atomic mass is 33.1. The van der Waals surface area contributed by atoms with Crippen LogP contribution in [0.1, 0.15) is 25.7 Å². The van der Waals surface area contributed by atoms with Gasteiger partial charge in [-0.05, 0) is 25.7 Å². The summed E-state index contributed by atoms with van der Waals surface area (Å²) in [6.45, 7) is 0. The first kappa shape index (κ1) is 18.5. The summed E-state index contributed by atoms with van der Waals surface area (Å²) in [4.78, 5) is 0. The van der Waals surface area contributed by atoms with E-state index in [-0.39, 0.29) is 11.5 Å². The van der Waals surface area contributed by atoms with Crippen molar-refractivity contribution in [3.63, 3.8) is 0 Å². The molecule has 0 spiro atoms. The minimum absolute atomic E-state index is 0.202. The monoisotopic (exact) mass is 338 g/mol. The number of unbranched alkanes of at least 4 members (excludes halogenated alkanes) is 2. The molecule has 0 saturated carbocycles. The fraction of sp³-hybridized carbons (Fsp3) is 1.00. The highest BCUT2D eigenvalue weighted by molar-refractivity contribution is 8.76. The molecular formula is C8H18O6S4. The molecule has 0 radical (unpaired) electrons.